The quantitative estimate of drug-likeness (QED) is 0.580. The summed E-state index contributed by atoms with van der Waals surface area (Å²) >= 11 is 0. The minimum Gasteiger partial charge on any atom is -0.387 e. The second-order valence-corrected chi connectivity index (χ2v) is 8.05. The molecule has 1 saturated carbocycles. The van der Waals surface area contributed by atoms with Crippen LogP contribution in [0, 0.1) is 17.8 Å². The van der Waals surface area contributed by atoms with Gasteiger partial charge in [0.25, 0.3) is 0 Å². The van der Waals surface area contributed by atoms with Crippen LogP contribution in [0.15, 0.2) is 0 Å². The first kappa shape index (κ1) is 21.8. The molecular formula is C18H36O6. The zero-order valence-electron chi connectivity index (χ0n) is 15.9. The standard InChI is InChI=1S/C18H36O6/c1-10(2)7-22-16-14(20)13(19)15(21)17(23-8-11(3)4)18(16)24-9-12(5)6/h10-21H,7-9H2,1-6H3. The Balaban J connectivity index is 2.95. The Morgan fingerprint density at radius 3 is 1.12 bits per heavy atom. The van der Waals surface area contributed by atoms with Gasteiger partial charge in [0, 0.05) is 19.8 Å². The molecule has 144 valence electrons. The third kappa shape index (κ3) is 6.24. The summed E-state index contributed by atoms with van der Waals surface area (Å²) in [6.45, 7) is 13.4. The van der Waals surface area contributed by atoms with Gasteiger partial charge in [0.2, 0.25) is 0 Å². The third-order valence-corrected chi connectivity index (χ3v) is 3.89. The summed E-state index contributed by atoms with van der Waals surface area (Å²) in [5.41, 5.74) is 0. The highest BCUT2D eigenvalue weighted by molar-refractivity contribution is 5.01. The van der Waals surface area contributed by atoms with Crippen LogP contribution in [-0.2, 0) is 14.2 Å². The summed E-state index contributed by atoms with van der Waals surface area (Å²) in [6.07, 6.45) is -5.84. The summed E-state index contributed by atoms with van der Waals surface area (Å²) in [4.78, 5) is 0. The molecule has 0 aliphatic heterocycles. The molecule has 0 aromatic carbocycles. The van der Waals surface area contributed by atoms with Crippen molar-refractivity contribution in [2.24, 2.45) is 17.8 Å². The van der Waals surface area contributed by atoms with Gasteiger partial charge in [0.05, 0.1) is 0 Å². The van der Waals surface area contributed by atoms with Crippen LogP contribution in [0.2, 0.25) is 0 Å². The minimum atomic E-state index is -1.32. The number of aliphatic hydroxyl groups excluding tert-OH is 3. The Hall–Kier alpha value is -0.240. The zero-order valence-corrected chi connectivity index (χ0v) is 15.9. The van der Waals surface area contributed by atoms with E-state index in [2.05, 4.69) is 0 Å². The third-order valence-electron chi connectivity index (χ3n) is 3.89. The molecule has 4 unspecified atom stereocenters. The lowest BCUT2D eigenvalue weighted by Crippen LogP contribution is -2.66. The van der Waals surface area contributed by atoms with Crippen LogP contribution in [0.25, 0.3) is 0 Å². The van der Waals surface area contributed by atoms with E-state index in [9.17, 15) is 15.3 Å². The second-order valence-electron chi connectivity index (χ2n) is 8.05. The fourth-order valence-corrected chi connectivity index (χ4v) is 2.65. The first-order chi connectivity index (χ1) is 11.1. The average Bonchev–Trinajstić information content (AvgIpc) is 2.48. The van der Waals surface area contributed by atoms with E-state index < -0.39 is 36.6 Å². The van der Waals surface area contributed by atoms with Crippen LogP contribution in [0.1, 0.15) is 41.5 Å². The fourth-order valence-electron chi connectivity index (χ4n) is 2.65. The monoisotopic (exact) mass is 348 g/mol. The highest BCUT2D eigenvalue weighted by Gasteiger charge is 2.51. The van der Waals surface area contributed by atoms with Crippen LogP contribution in [0.4, 0.5) is 0 Å². The normalized spacial score (nSPS) is 34.5. The van der Waals surface area contributed by atoms with E-state index in [1.807, 2.05) is 41.5 Å². The summed E-state index contributed by atoms with van der Waals surface area (Å²) in [7, 11) is 0. The van der Waals surface area contributed by atoms with Crippen molar-refractivity contribution in [3.63, 3.8) is 0 Å². The predicted molar refractivity (Wildman–Crippen MR) is 91.8 cm³/mol. The van der Waals surface area contributed by atoms with Crippen molar-refractivity contribution in [1.29, 1.82) is 0 Å². The average molecular weight is 348 g/mol. The molecule has 24 heavy (non-hydrogen) atoms. The van der Waals surface area contributed by atoms with E-state index >= 15 is 0 Å². The topological polar surface area (TPSA) is 88.4 Å². The van der Waals surface area contributed by atoms with E-state index in [1.165, 1.54) is 0 Å². The Morgan fingerprint density at radius 2 is 0.833 bits per heavy atom. The molecule has 4 atom stereocenters. The number of aliphatic hydroxyl groups is 3. The van der Waals surface area contributed by atoms with E-state index in [0.29, 0.717) is 25.7 Å². The minimum absolute atomic E-state index is 0.280. The zero-order chi connectivity index (χ0) is 18.4. The van der Waals surface area contributed by atoms with E-state index in [4.69, 9.17) is 14.2 Å². The van der Waals surface area contributed by atoms with Crippen molar-refractivity contribution in [1.82, 2.24) is 0 Å². The van der Waals surface area contributed by atoms with Gasteiger partial charge < -0.3 is 29.5 Å². The van der Waals surface area contributed by atoms with Gasteiger partial charge in [0.1, 0.15) is 36.6 Å². The number of rotatable bonds is 9. The maximum atomic E-state index is 10.4. The summed E-state index contributed by atoms with van der Waals surface area (Å²) in [5, 5.41) is 31.0. The van der Waals surface area contributed by atoms with Crippen LogP contribution < -0.4 is 0 Å². The van der Waals surface area contributed by atoms with E-state index in [0.717, 1.165) is 0 Å². The number of hydrogen-bond donors (Lipinski definition) is 3. The first-order valence-electron chi connectivity index (χ1n) is 9.04. The molecule has 6 heteroatoms. The van der Waals surface area contributed by atoms with Crippen molar-refractivity contribution >= 4 is 0 Å². The van der Waals surface area contributed by atoms with Crippen molar-refractivity contribution in [2.45, 2.75) is 78.2 Å². The van der Waals surface area contributed by atoms with E-state index in [-0.39, 0.29) is 11.8 Å². The molecule has 1 rings (SSSR count). The molecule has 1 aliphatic rings. The summed E-state index contributed by atoms with van der Waals surface area (Å²) in [5.74, 6) is 0.853. The lowest BCUT2D eigenvalue weighted by molar-refractivity contribution is -0.260. The molecule has 0 aromatic heterocycles. The molecule has 0 amide bonds. The SMILES string of the molecule is CC(C)COC1C(O)C(O)C(O)C(OCC(C)C)C1OCC(C)C. The Bertz CT molecular complexity index is 320. The van der Waals surface area contributed by atoms with Crippen LogP contribution in [0.5, 0.6) is 0 Å². The first-order valence-corrected chi connectivity index (χ1v) is 9.04. The second kappa shape index (κ2) is 10.0. The van der Waals surface area contributed by atoms with Crippen LogP contribution >= 0.6 is 0 Å². The Morgan fingerprint density at radius 1 is 0.542 bits per heavy atom. The molecule has 0 heterocycles. The molecule has 6 nitrogen and oxygen atoms in total. The maximum Gasteiger partial charge on any atom is 0.115 e. The lowest BCUT2D eigenvalue weighted by Gasteiger charge is -2.45. The number of ether oxygens (including phenoxy) is 3. The molecule has 1 fully saturated rings. The fraction of sp³-hybridized carbons (Fsp3) is 1.00. The molecule has 1 aliphatic carbocycles. The molecule has 0 spiro atoms. The van der Waals surface area contributed by atoms with Crippen molar-refractivity contribution in [3.8, 4) is 0 Å². The Labute approximate surface area is 146 Å². The summed E-state index contributed by atoms with van der Waals surface area (Å²) in [6, 6.07) is 0. The van der Waals surface area contributed by atoms with E-state index in [1.54, 1.807) is 0 Å². The highest BCUT2D eigenvalue weighted by atomic mass is 16.6. The molecule has 3 N–H and O–H groups in total. The van der Waals surface area contributed by atoms with Crippen molar-refractivity contribution in [3.05, 3.63) is 0 Å². The number of hydrogen-bond acceptors (Lipinski definition) is 6. The van der Waals surface area contributed by atoms with Gasteiger partial charge in [0.15, 0.2) is 0 Å². The van der Waals surface area contributed by atoms with Crippen LogP contribution in [-0.4, -0.2) is 71.8 Å². The van der Waals surface area contributed by atoms with Gasteiger partial charge in [-0.15, -0.1) is 0 Å². The molecular weight excluding hydrogens is 312 g/mol. The largest absolute Gasteiger partial charge is 0.387 e. The maximum absolute atomic E-state index is 10.4. The molecule has 0 radical (unpaired) electrons. The molecule has 0 aromatic rings. The van der Waals surface area contributed by atoms with Gasteiger partial charge in [-0.05, 0) is 17.8 Å². The van der Waals surface area contributed by atoms with Crippen LogP contribution in [0.3, 0.4) is 0 Å². The molecule has 0 saturated heterocycles. The molecule has 0 bridgehead atoms. The van der Waals surface area contributed by atoms with Gasteiger partial charge in [-0.3, -0.25) is 0 Å². The van der Waals surface area contributed by atoms with Crippen molar-refractivity contribution < 1.29 is 29.5 Å². The van der Waals surface area contributed by atoms with Gasteiger partial charge >= 0.3 is 0 Å². The highest BCUT2D eigenvalue weighted by Crippen LogP contribution is 2.29. The Kier molecular flexibility index (Phi) is 9.12. The lowest BCUT2D eigenvalue weighted by atomic mass is 9.84. The van der Waals surface area contributed by atoms with Gasteiger partial charge in [-0.25, -0.2) is 0 Å². The summed E-state index contributed by atoms with van der Waals surface area (Å²) < 4.78 is 17.6. The van der Waals surface area contributed by atoms with Gasteiger partial charge in [-0.2, -0.15) is 0 Å². The van der Waals surface area contributed by atoms with Gasteiger partial charge in [-0.1, -0.05) is 41.5 Å². The predicted octanol–water partition coefficient (Wildman–Crippen LogP) is 1.21. The van der Waals surface area contributed by atoms with Crippen molar-refractivity contribution in [2.75, 3.05) is 19.8 Å². The smallest absolute Gasteiger partial charge is 0.115 e.